The van der Waals surface area contributed by atoms with E-state index in [-0.39, 0.29) is 12.0 Å². The second-order valence-electron chi connectivity index (χ2n) is 8.14. The lowest BCUT2D eigenvalue weighted by atomic mass is 9.89. The Balaban J connectivity index is 1.39. The Bertz CT molecular complexity index is 813. The maximum absolute atomic E-state index is 12.9. The Morgan fingerprint density at radius 2 is 2.10 bits per heavy atom. The Kier molecular flexibility index (Phi) is 6.52. The Morgan fingerprint density at radius 1 is 1.24 bits per heavy atom. The van der Waals surface area contributed by atoms with Gasteiger partial charge in [0.1, 0.15) is 0 Å². The van der Waals surface area contributed by atoms with Crippen molar-refractivity contribution in [2.45, 2.75) is 51.2 Å². The van der Waals surface area contributed by atoms with Crippen LogP contribution >= 0.6 is 0 Å². The van der Waals surface area contributed by atoms with E-state index in [0.717, 1.165) is 68.9 Å². The minimum atomic E-state index is -0.0270. The van der Waals surface area contributed by atoms with Crippen LogP contribution in [0.5, 0.6) is 0 Å². The number of carbonyl (C=O) groups excluding carboxylic acids is 1. The molecule has 0 unspecified atom stereocenters. The zero-order valence-electron chi connectivity index (χ0n) is 17.1. The number of amides is 1. The van der Waals surface area contributed by atoms with Crippen molar-refractivity contribution in [1.82, 2.24) is 20.2 Å². The number of rotatable bonds is 6. The van der Waals surface area contributed by atoms with Crippen LogP contribution in [0, 0.1) is 6.92 Å². The molecular weight excluding hydrogens is 364 g/mol. The lowest BCUT2D eigenvalue weighted by Gasteiger charge is -2.32. The van der Waals surface area contributed by atoms with Crippen molar-refractivity contribution in [1.29, 1.82) is 0 Å². The summed E-state index contributed by atoms with van der Waals surface area (Å²) < 4.78 is 5.63. The molecule has 4 heterocycles. The highest BCUT2D eigenvalue weighted by atomic mass is 16.5. The van der Waals surface area contributed by atoms with E-state index in [1.165, 1.54) is 5.56 Å². The first-order valence-electron chi connectivity index (χ1n) is 10.7. The van der Waals surface area contributed by atoms with Gasteiger partial charge in [0.05, 0.1) is 17.4 Å². The van der Waals surface area contributed by atoms with E-state index >= 15 is 0 Å². The minimum Gasteiger partial charge on any atom is -0.376 e. The molecule has 0 radical (unpaired) electrons. The van der Waals surface area contributed by atoms with Crippen LogP contribution in [-0.2, 0) is 11.3 Å². The van der Waals surface area contributed by atoms with Gasteiger partial charge in [0.25, 0.3) is 5.91 Å². The molecule has 2 aromatic heterocycles. The fraction of sp³-hybridized carbons (Fsp3) is 0.522. The maximum Gasteiger partial charge on any atom is 0.253 e. The second kappa shape index (κ2) is 9.46. The zero-order chi connectivity index (χ0) is 20.1. The van der Waals surface area contributed by atoms with Crippen LogP contribution < -0.4 is 5.32 Å². The topological polar surface area (TPSA) is 67.3 Å². The summed E-state index contributed by atoms with van der Waals surface area (Å²) in [4.78, 5) is 24.3. The molecule has 2 aliphatic rings. The molecule has 0 saturated carbocycles. The van der Waals surface area contributed by atoms with Gasteiger partial charge in [0.2, 0.25) is 0 Å². The largest absolute Gasteiger partial charge is 0.376 e. The molecule has 0 aromatic carbocycles. The summed E-state index contributed by atoms with van der Waals surface area (Å²) in [5.74, 6) is 0.296. The minimum absolute atomic E-state index is 0.0270. The second-order valence-corrected chi connectivity index (χ2v) is 8.14. The van der Waals surface area contributed by atoms with Crippen LogP contribution in [0.1, 0.15) is 58.9 Å². The first-order chi connectivity index (χ1) is 14.2. The van der Waals surface area contributed by atoms with Gasteiger partial charge in [-0.2, -0.15) is 0 Å². The molecule has 2 fully saturated rings. The average Bonchev–Trinajstić information content (AvgIpc) is 3.27. The molecule has 0 bridgehead atoms. The number of likely N-dealkylation sites (tertiary alicyclic amines) is 1. The summed E-state index contributed by atoms with van der Waals surface area (Å²) >= 11 is 0. The third-order valence-corrected chi connectivity index (χ3v) is 5.93. The van der Waals surface area contributed by atoms with Crippen molar-refractivity contribution in [3.05, 3.63) is 59.2 Å². The number of aryl methyl sites for hydroxylation is 1. The van der Waals surface area contributed by atoms with Crippen LogP contribution in [-0.4, -0.2) is 53.1 Å². The fourth-order valence-corrected chi connectivity index (χ4v) is 4.30. The lowest BCUT2D eigenvalue weighted by molar-refractivity contribution is 0.0855. The van der Waals surface area contributed by atoms with Gasteiger partial charge in [-0.25, -0.2) is 0 Å². The quantitative estimate of drug-likeness (QED) is 0.816. The van der Waals surface area contributed by atoms with Crippen molar-refractivity contribution in [2.75, 3.05) is 26.2 Å². The van der Waals surface area contributed by atoms with E-state index in [1.807, 2.05) is 37.5 Å². The van der Waals surface area contributed by atoms with E-state index in [1.54, 1.807) is 0 Å². The highest BCUT2D eigenvalue weighted by Crippen LogP contribution is 2.30. The van der Waals surface area contributed by atoms with Crippen molar-refractivity contribution >= 4 is 5.91 Å². The van der Waals surface area contributed by atoms with Crippen LogP contribution in [0.4, 0.5) is 0 Å². The van der Waals surface area contributed by atoms with Crippen LogP contribution in [0.2, 0.25) is 0 Å². The number of hydrogen-bond donors (Lipinski definition) is 1. The van der Waals surface area contributed by atoms with Crippen molar-refractivity contribution in [3.63, 3.8) is 0 Å². The summed E-state index contributed by atoms with van der Waals surface area (Å²) in [6.45, 7) is 6.31. The van der Waals surface area contributed by atoms with Crippen molar-refractivity contribution in [2.24, 2.45) is 0 Å². The third-order valence-electron chi connectivity index (χ3n) is 5.93. The Labute approximate surface area is 172 Å². The van der Waals surface area contributed by atoms with Gasteiger partial charge in [0, 0.05) is 43.7 Å². The number of nitrogens with zero attached hydrogens (tertiary/aromatic N) is 3. The SMILES string of the molecule is Cc1ccc(C(=O)NC[C@@H]2CCCO2)c(C2CCN(Cc3cccnc3)CC2)n1. The van der Waals surface area contributed by atoms with E-state index in [2.05, 4.69) is 21.3 Å². The summed E-state index contributed by atoms with van der Waals surface area (Å²) in [6.07, 6.45) is 8.03. The predicted octanol–water partition coefficient (Wildman–Crippen LogP) is 3.07. The molecule has 0 spiro atoms. The van der Waals surface area contributed by atoms with Crippen LogP contribution in [0.15, 0.2) is 36.7 Å². The molecule has 2 aliphatic heterocycles. The number of ether oxygens (including phenoxy) is 1. The number of pyridine rings is 2. The van der Waals surface area contributed by atoms with Gasteiger partial charge in [-0.15, -0.1) is 0 Å². The fourth-order valence-electron chi connectivity index (χ4n) is 4.30. The molecule has 0 aliphatic carbocycles. The number of nitrogens with one attached hydrogen (secondary N) is 1. The Morgan fingerprint density at radius 3 is 2.83 bits per heavy atom. The molecule has 2 saturated heterocycles. The molecule has 4 rings (SSSR count). The zero-order valence-corrected chi connectivity index (χ0v) is 17.1. The first-order valence-corrected chi connectivity index (χ1v) is 10.7. The van der Waals surface area contributed by atoms with Gasteiger partial charge < -0.3 is 10.1 Å². The van der Waals surface area contributed by atoms with E-state index in [0.29, 0.717) is 12.5 Å². The molecule has 29 heavy (non-hydrogen) atoms. The molecular formula is C23H30N4O2. The number of piperidine rings is 1. The highest BCUT2D eigenvalue weighted by molar-refractivity contribution is 5.95. The number of aromatic nitrogens is 2. The van der Waals surface area contributed by atoms with Gasteiger partial charge in [0.15, 0.2) is 0 Å². The molecule has 1 atom stereocenters. The van der Waals surface area contributed by atoms with Crippen LogP contribution in [0.25, 0.3) is 0 Å². The van der Waals surface area contributed by atoms with Crippen molar-refractivity contribution < 1.29 is 9.53 Å². The highest BCUT2D eigenvalue weighted by Gasteiger charge is 2.26. The molecule has 6 heteroatoms. The van der Waals surface area contributed by atoms with E-state index < -0.39 is 0 Å². The summed E-state index contributed by atoms with van der Waals surface area (Å²) in [5.41, 5.74) is 3.89. The maximum atomic E-state index is 12.9. The van der Waals surface area contributed by atoms with Gasteiger partial charge in [-0.3, -0.25) is 19.7 Å². The van der Waals surface area contributed by atoms with Gasteiger partial charge in [-0.05, 0) is 69.5 Å². The normalized spacial score (nSPS) is 20.7. The molecule has 154 valence electrons. The first kappa shape index (κ1) is 20.0. The van der Waals surface area contributed by atoms with Gasteiger partial charge >= 0.3 is 0 Å². The average molecular weight is 395 g/mol. The Hall–Kier alpha value is -2.31. The third kappa shape index (κ3) is 5.19. The monoisotopic (exact) mass is 394 g/mol. The predicted molar refractivity (Wildman–Crippen MR) is 112 cm³/mol. The van der Waals surface area contributed by atoms with Crippen molar-refractivity contribution in [3.8, 4) is 0 Å². The van der Waals surface area contributed by atoms with Gasteiger partial charge in [-0.1, -0.05) is 6.07 Å². The number of carbonyl (C=O) groups is 1. The summed E-state index contributed by atoms with van der Waals surface area (Å²) in [6, 6.07) is 7.98. The standard InChI is InChI=1S/C23H30N4O2/c1-17-6-7-21(23(28)25-15-20-5-3-13-29-20)22(26-17)19-8-11-27(12-9-19)16-18-4-2-10-24-14-18/h2,4,6-7,10,14,19-20H,3,5,8-9,11-13,15-16H2,1H3,(H,25,28)/t20-/m0/s1. The van der Waals surface area contributed by atoms with E-state index in [9.17, 15) is 4.79 Å². The van der Waals surface area contributed by atoms with Crippen LogP contribution in [0.3, 0.4) is 0 Å². The number of hydrogen-bond acceptors (Lipinski definition) is 5. The molecule has 2 aromatic rings. The summed E-state index contributed by atoms with van der Waals surface area (Å²) in [5, 5.41) is 3.06. The summed E-state index contributed by atoms with van der Waals surface area (Å²) in [7, 11) is 0. The van der Waals surface area contributed by atoms with E-state index in [4.69, 9.17) is 9.72 Å². The lowest BCUT2D eigenvalue weighted by Crippen LogP contribution is -2.35. The molecule has 6 nitrogen and oxygen atoms in total. The molecule has 1 amide bonds. The smallest absolute Gasteiger partial charge is 0.253 e. The molecule has 1 N–H and O–H groups in total.